The number of benzene rings is 1. The summed E-state index contributed by atoms with van der Waals surface area (Å²) in [5.41, 5.74) is 0.458. The van der Waals surface area contributed by atoms with Gasteiger partial charge in [0.1, 0.15) is 0 Å². The van der Waals surface area contributed by atoms with E-state index >= 15 is 0 Å². The van der Waals surface area contributed by atoms with Crippen LogP contribution in [0.15, 0.2) is 10.5 Å². The second kappa shape index (κ2) is 6.83. The minimum atomic E-state index is -1.18. The lowest BCUT2D eigenvalue weighted by Crippen LogP contribution is -2.45. The predicted molar refractivity (Wildman–Crippen MR) is 77.8 cm³/mol. The van der Waals surface area contributed by atoms with Crippen LogP contribution in [0, 0.1) is 11.6 Å². The van der Waals surface area contributed by atoms with Crippen LogP contribution in [0.3, 0.4) is 0 Å². The van der Waals surface area contributed by atoms with Gasteiger partial charge in [-0.3, -0.25) is 4.90 Å². The molecular formula is C14H19BrF2N2O. The number of piperazine rings is 1. The normalized spacial score (nSPS) is 18.2. The van der Waals surface area contributed by atoms with Crippen molar-refractivity contribution in [3.05, 3.63) is 27.7 Å². The number of nitrogens with zero attached hydrogens (tertiary/aromatic N) is 1. The van der Waals surface area contributed by atoms with Crippen molar-refractivity contribution in [3.8, 4) is 5.75 Å². The Hall–Kier alpha value is -0.720. The van der Waals surface area contributed by atoms with E-state index in [2.05, 4.69) is 26.1 Å². The van der Waals surface area contributed by atoms with Crippen molar-refractivity contribution in [2.45, 2.75) is 25.8 Å². The van der Waals surface area contributed by atoms with Crippen LogP contribution in [-0.4, -0.2) is 36.2 Å². The molecule has 0 aliphatic carbocycles. The average molecular weight is 349 g/mol. The molecule has 1 atom stereocenters. The molecule has 0 amide bonds. The first-order valence-corrected chi connectivity index (χ1v) is 7.66. The fourth-order valence-corrected chi connectivity index (χ4v) is 3.08. The first-order valence-electron chi connectivity index (χ1n) is 6.87. The van der Waals surface area contributed by atoms with E-state index in [1.807, 2.05) is 6.92 Å². The van der Waals surface area contributed by atoms with Crippen molar-refractivity contribution in [1.29, 1.82) is 0 Å². The van der Waals surface area contributed by atoms with Gasteiger partial charge in [-0.1, -0.05) is 13.3 Å². The fourth-order valence-electron chi connectivity index (χ4n) is 2.66. The Labute approximate surface area is 126 Å². The van der Waals surface area contributed by atoms with E-state index in [1.165, 1.54) is 6.07 Å². The zero-order valence-electron chi connectivity index (χ0n) is 11.4. The monoisotopic (exact) mass is 348 g/mol. The number of phenolic OH excluding ortho intramolecular Hbond substituents is 1. The quantitative estimate of drug-likeness (QED) is 0.820. The summed E-state index contributed by atoms with van der Waals surface area (Å²) in [5, 5.41) is 13.2. The molecule has 0 radical (unpaired) electrons. The van der Waals surface area contributed by atoms with Crippen molar-refractivity contribution in [3.63, 3.8) is 0 Å². The molecule has 1 fully saturated rings. The number of hydrogen-bond acceptors (Lipinski definition) is 3. The Balaban J connectivity index is 2.38. The summed E-state index contributed by atoms with van der Waals surface area (Å²) >= 11 is 3.02. The summed E-state index contributed by atoms with van der Waals surface area (Å²) in [6.45, 7) is 5.44. The zero-order chi connectivity index (χ0) is 14.7. The minimum absolute atomic E-state index is 0.0547. The van der Waals surface area contributed by atoms with Gasteiger partial charge < -0.3 is 10.4 Å². The number of phenols is 1. The lowest BCUT2D eigenvalue weighted by atomic mass is 9.98. The van der Waals surface area contributed by atoms with Gasteiger partial charge in [-0.25, -0.2) is 4.39 Å². The van der Waals surface area contributed by atoms with Crippen molar-refractivity contribution in [2.24, 2.45) is 0 Å². The second-order valence-electron chi connectivity index (χ2n) is 5.01. The van der Waals surface area contributed by atoms with Crippen molar-refractivity contribution < 1.29 is 13.9 Å². The van der Waals surface area contributed by atoms with E-state index in [1.54, 1.807) is 0 Å². The molecule has 0 saturated carbocycles. The lowest BCUT2D eigenvalue weighted by molar-refractivity contribution is 0.161. The molecule has 0 unspecified atom stereocenters. The molecule has 1 aliphatic rings. The highest BCUT2D eigenvalue weighted by molar-refractivity contribution is 9.10. The van der Waals surface area contributed by atoms with E-state index < -0.39 is 17.4 Å². The first-order chi connectivity index (χ1) is 9.56. The molecule has 2 N–H and O–H groups in total. The van der Waals surface area contributed by atoms with E-state index in [0.717, 1.165) is 39.0 Å². The topological polar surface area (TPSA) is 35.5 Å². The van der Waals surface area contributed by atoms with Crippen LogP contribution in [-0.2, 0) is 0 Å². The molecule has 1 aromatic rings. The lowest BCUT2D eigenvalue weighted by Gasteiger charge is -2.35. The predicted octanol–water partition coefficient (Wildman–Crippen LogP) is 3.18. The summed E-state index contributed by atoms with van der Waals surface area (Å²) in [6.07, 6.45) is 1.70. The standard InChI is InChI=1S/C14H19BrF2N2O/c1-2-3-11(19-6-4-18-5-7-19)9-8-10(15)12(16)13(17)14(9)20/h8,11,18,20H,2-7H2,1H3/t11-/m0/s1. The van der Waals surface area contributed by atoms with Crippen molar-refractivity contribution in [1.82, 2.24) is 10.2 Å². The van der Waals surface area contributed by atoms with E-state index in [-0.39, 0.29) is 10.5 Å². The fraction of sp³-hybridized carbons (Fsp3) is 0.571. The molecule has 112 valence electrons. The van der Waals surface area contributed by atoms with E-state index in [4.69, 9.17) is 0 Å². The molecule has 0 aromatic heterocycles. The number of halogens is 3. The largest absolute Gasteiger partial charge is 0.505 e. The number of nitrogens with one attached hydrogen (secondary N) is 1. The van der Waals surface area contributed by atoms with Crippen LogP contribution >= 0.6 is 15.9 Å². The third kappa shape index (κ3) is 3.13. The van der Waals surface area contributed by atoms with Gasteiger partial charge in [-0.2, -0.15) is 4.39 Å². The summed E-state index contributed by atoms with van der Waals surface area (Å²) in [6, 6.07) is 1.41. The van der Waals surface area contributed by atoms with Crippen LogP contribution in [0.2, 0.25) is 0 Å². The zero-order valence-corrected chi connectivity index (χ0v) is 13.0. The van der Waals surface area contributed by atoms with E-state index in [9.17, 15) is 13.9 Å². The molecule has 0 bridgehead atoms. The summed E-state index contributed by atoms with van der Waals surface area (Å²) in [7, 11) is 0. The Morgan fingerprint density at radius 2 is 2.00 bits per heavy atom. The highest BCUT2D eigenvalue weighted by Crippen LogP contribution is 2.37. The third-order valence-corrected chi connectivity index (χ3v) is 4.26. The van der Waals surface area contributed by atoms with Gasteiger partial charge in [-0.05, 0) is 28.4 Å². The molecule has 1 aliphatic heterocycles. The molecular weight excluding hydrogens is 330 g/mol. The summed E-state index contributed by atoms with van der Waals surface area (Å²) in [5.74, 6) is -2.78. The summed E-state index contributed by atoms with van der Waals surface area (Å²) < 4.78 is 27.2. The highest BCUT2D eigenvalue weighted by atomic mass is 79.9. The maximum Gasteiger partial charge on any atom is 0.201 e. The maximum atomic E-state index is 13.7. The Morgan fingerprint density at radius 1 is 1.35 bits per heavy atom. The van der Waals surface area contributed by atoms with Crippen LogP contribution in [0.25, 0.3) is 0 Å². The van der Waals surface area contributed by atoms with Crippen LogP contribution < -0.4 is 5.32 Å². The highest BCUT2D eigenvalue weighted by Gasteiger charge is 2.27. The van der Waals surface area contributed by atoms with E-state index in [0.29, 0.717) is 5.56 Å². The molecule has 2 rings (SSSR count). The average Bonchev–Trinajstić information content (AvgIpc) is 2.47. The number of aromatic hydroxyl groups is 1. The summed E-state index contributed by atoms with van der Waals surface area (Å²) in [4.78, 5) is 2.21. The van der Waals surface area contributed by atoms with Crippen LogP contribution in [0.4, 0.5) is 8.78 Å². The van der Waals surface area contributed by atoms with Gasteiger partial charge in [0, 0.05) is 37.8 Å². The SMILES string of the molecule is CCC[C@@H](c1cc(Br)c(F)c(F)c1O)N1CCNCC1. The van der Waals surface area contributed by atoms with Crippen LogP contribution in [0.1, 0.15) is 31.4 Å². The molecule has 1 saturated heterocycles. The van der Waals surface area contributed by atoms with Gasteiger partial charge in [0.15, 0.2) is 11.6 Å². The van der Waals surface area contributed by atoms with Gasteiger partial charge in [0.2, 0.25) is 5.82 Å². The molecule has 1 aromatic carbocycles. The van der Waals surface area contributed by atoms with Gasteiger partial charge >= 0.3 is 0 Å². The Morgan fingerprint density at radius 3 is 2.60 bits per heavy atom. The first kappa shape index (κ1) is 15.7. The molecule has 20 heavy (non-hydrogen) atoms. The van der Waals surface area contributed by atoms with Crippen molar-refractivity contribution >= 4 is 15.9 Å². The Bertz CT molecular complexity index is 479. The van der Waals surface area contributed by atoms with Crippen LogP contribution in [0.5, 0.6) is 5.75 Å². The number of hydrogen-bond donors (Lipinski definition) is 2. The maximum absolute atomic E-state index is 13.7. The molecule has 3 nitrogen and oxygen atoms in total. The van der Waals surface area contributed by atoms with Gasteiger partial charge in [-0.15, -0.1) is 0 Å². The molecule has 0 spiro atoms. The molecule has 6 heteroatoms. The Kier molecular flexibility index (Phi) is 5.35. The van der Waals surface area contributed by atoms with Crippen molar-refractivity contribution in [2.75, 3.05) is 26.2 Å². The minimum Gasteiger partial charge on any atom is -0.505 e. The number of rotatable bonds is 4. The third-order valence-electron chi connectivity index (χ3n) is 3.68. The smallest absolute Gasteiger partial charge is 0.201 e. The second-order valence-corrected chi connectivity index (χ2v) is 5.87. The van der Waals surface area contributed by atoms with Gasteiger partial charge in [0.05, 0.1) is 4.47 Å². The van der Waals surface area contributed by atoms with Gasteiger partial charge in [0.25, 0.3) is 0 Å². The molecule has 1 heterocycles.